The third-order valence-corrected chi connectivity index (χ3v) is 6.96. The van der Waals surface area contributed by atoms with E-state index in [1.165, 1.54) is 25.7 Å². The Bertz CT molecular complexity index is 622. The van der Waals surface area contributed by atoms with Gasteiger partial charge in [0.15, 0.2) is 0 Å². The molecule has 2 saturated carbocycles. The molecule has 1 saturated heterocycles. The van der Waals surface area contributed by atoms with E-state index in [9.17, 15) is 5.11 Å². The molecule has 1 N–H and O–H groups in total. The molecule has 4 rings (SSSR count). The molecule has 5 heteroatoms. The van der Waals surface area contributed by atoms with Crippen molar-refractivity contribution < 1.29 is 5.11 Å². The fraction of sp³-hybridized carbons (Fsp3) is 0.800. The summed E-state index contributed by atoms with van der Waals surface area (Å²) >= 11 is 0. The Morgan fingerprint density at radius 1 is 1.24 bits per heavy atom. The Hall–Kier alpha value is -1.20. The van der Waals surface area contributed by atoms with Crippen LogP contribution in [-0.4, -0.2) is 52.3 Å². The number of rotatable bonds is 4. The van der Waals surface area contributed by atoms with Gasteiger partial charge in [-0.05, 0) is 56.9 Å². The highest BCUT2D eigenvalue weighted by Gasteiger charge is 2.54. The summed E-state index contributed by atoms with van der Waals surface area (Å²) in [5, 5.41) is 10.4. The van der Waals surface area contributed by atoms with E-state index in [4.69, 9.17) is 4.98 Å². The van der Waals surface area contributed by atoms with Gasteiger partial charge in [-0.3, -0.25) is 9.88 Å². The smallest absolute Gasteiger partial charge is 0.147 e. The van der Waals surface area contributed by atoms with Gasteiger partial charge in [0.2, 0.25) is 0 Å². The lowest BCUT2D eigenvalue weighted by Crippen LogP contribution is -2.50. The number of anilines is 1. The van der Waals surface area contributed by atoms with E-state index in [2.05, 4.69) is 42.7 Å². The van der Waals surface area contributed by atoms with Gasteiger partial charge in [-0.15, -0.1) is 0 Å². The molecule has 5 nitrogen and oxygen atoms in total. The Labute approximate surface area is 151 Å². The second-order valence-corrected chi connectivity index (χ2v) is 9.04. The zero-order chi connectivity index (χ0) is 17.8. The van der Waals surface area contributed by atoms with Crippen molar-refractivity contribution in [3.63, 3.8) is 0 Å². The number of nitrogens with zero attached hydrogens (tertiary/aromatic N) is 4. The Kier molecular flexibility index (Phi) is 4.27. The fourth-order valence-electron chi connectivity index (χ4n) is 5.14. The second kappa shape index (κ2) is 6.20. The van der Waals surface area contributed by atoms with E-state index in [1.807, 2.05) is 12.4 Å². The quantitative estimate of drug-likeness (QED) is 0.910. The lowest BCUT2D eigenvalue weighted by atomic mass is 9.76. The number of piperidine rings is 1. The van der Waals surface area contributed by atoms with Crippen molar-refractivity contribution in [1.82, 2.24) is 14.9 Å². The van der Waals surface area contributed by atoms with E-state index in [0.717, 1.165) is 24.4 Å². The van der Waals surface area contributed by atoms with Crippen LogP contribution in [0.3, 0.4) is 0 Å². The van der Waals surface area contributed by atoms with Crippen molar-refractivity contribution in [3.8, 4) is 0 Å². The average Bonchev–Trinajstić information content (AvgIpc) is 3.33. The molecule has 0 aromatic carbocycles. The molecular formula is C20H32N4O. The van der Waals surface area contributed by atoms with Gasteiger partial charge in [-0.1, -0.05) is 13.8 Å². The molecule has 3 fully saturated rings. The molecule has 1 aromatic rings. The number of aromatic nitrogens is 2. The summed E-state index contributed by atoms with van der Waals surface area (Å²) in [5.74, 6) is 1.42. The van der Waals surface area contributed by atoms with Gasteiger partial charge < -0.3 is 10.0 Å². The van der Waals surface area contributed by atoms with Gasteiger partial charge in [-0.25, -0.2) is 4.98 Å². The number of likely N-dealkylation sites (N-methyl/N-ethyl adjacent to an activating group) is 1. The van der Waals surface area contributed by atoms with Crippen LogP contribution in [0.4, 0.5) is 5.82 Å². The highest BCUT2D eigenvalue weighted by Crippen LogP contribution is 2.61. The molecule has 2 aliphatic carbocycles. The number of aliphatic hydroxyl groups is 1. The molecule has 3 aliphatic rings. The molecule has 3 atom stereocenters. The minimum atomic E-state index is -0.246. The van der Waals surface area contributed by atoms with Crippen LogP contribution in [-0.2, 0) is 0 Å². The van der Waals surface area contributed by atoms with Crippen molar-refractivity contribution in [1.29, 1.82) is 0 Å². The van der Waals surface area contributed by atoms with Gasteiger partial charge in [0.1, 0.15) is 5.82 Å². The minimum Gasteiger partial charge on any atom is -0.391 e. The average molecular weight is 345 g/mol. The first-order chi connectivity index (χ1) is 11.9. The number of hydrogen-bond donors (Lipinski definition) is 1. The summed E-state index contributed by atoms with van der Waals surface area (Å²) in [6, 6.07) is 1.05. The largest absolute Gasteiger partial charge is 0.391 e. The van der Waals surface area contributed by atoms with Gasteiger partial charge in [0.25, 0.3) is 0 Å². The maximum atomic E-state index is 10.4. The minimum absolute atomic E-state index is 0.184. The van der Waals surface area contributed by atoms with Crippen LogP contribution < -0.4 is 4.90 Å². The van der Waals surface area contributed by atoms with E-state index >= 15 is 0 Å². The molecule has 1 aromatic heterocycles. The standard InChI is InChI=1S/C20H32N4O/c1-13(2)19-17(25)6-5-16(24(19)4)15-11-21-12-18(22-15)23(3)14-9-20(10-14)7-8-20/h11-14,16-17,19,25H,5-10H2,1-4H3. The maximum absolute atomic E-state index is 10.4. The Morgan fingerprint density at radius 3 is 2.60 bits per heavy atom. The maximum Gasteiger partial charge on any atom is 0.147 e. The fourth-order valence-corrected chi connectivity index (χ4v) is 5.14. The van der Waals surface area contributed by atoms with Crippen LogP contribution in [0.15, 0.2) is 12.4 Å². The van der Waals surface area contributed by atoms with Crippen LogP contribution in [0.2, 0.25) is 0 Å². The van der Waals surface area contributed by atoms with Crippen LogP contribution >= 0.6 is 0 Å². The van der Waals surface area contributed by atoms with Crippen LogP contribution in [0.1, 0.15) is 64.1 Å². The molecule has 2 heterocycles. The summed E-state index contributed by atoms with van der Waals surface area (Å²) in [6.07, 6.45) is 10.8. The number of aliphatic hydroxyl groups excluding tert-OH is 1. The zero-order valence-corrected chi connectivity index (χ0v) is 16.0. The summed E-state index contributed by atoms with van der Waals surface area (Å²) in [7, 11) is 4.29. The zero-order valence-electron chi connectivity index (χ0n) is 16.0. The van der Waals surface area contributed by atoms with Crippen molar-refractivity contribution in [3.05, 3.63) is 18.1 Å². The van der Waals surface area contributed by atoms with E-state index in [1.54, 1.807) is 0 Å². The molecule has 0 radical (unpaired) electrons. The molecule has 1 aliphatic heterocycles. The molecular weight excluding hydrogens is 312 g/mol. The molecule has 138 valence electrons. The van der Waals surface area contributed by atoms with E-state index in [-0.39, 0.29) is 18.2 Å². The SMILES string of the molecule is CC(C)C1C(O)CCC(c2cncc(N(C)C3CC4(CC4)C3)n2)N1C. The Morgan fingerprint density at radius 2 is 1.96 bits per heavy atom. The first kappa shape index (κ1) is 17.2. The van der Waals surface area contributed by atoms with Crippen molar-refractivity contribution >= 4 is 5.82 Å². The molecule has 1 spiro atoms. The monoisotopic (exact) mass is 344 g/mol. The summed E-state index contributed by atoms with van der Waals surface area (Å²) in [5.41, 5.74) is 1.75. The first-order valence-corrected chi connectivity index (χ1v) is 9.85. The molecule has 0 bridgehead atoms. The second-order valence-electron chi connectivity index (χ2n) is 9.04. The normalized spacial score (nSPS) is 32.0. The summed E-state index contributed by atoms with van der Waals surface area (Å²) in [4.78, 5) is 14.1. The first-order valence-electron chi connectivity index (χ1n) is 9.85. The predicted molar refractivity (Wildman–Crippen MR) is 99.5 cm³/mol. The Balaban J connectivity index is 1.50. The summed E-state index contributed by atoms with van der Waals surface area (Å²) in [6.45, 7) is 4.37. The van der Waals surface area contributed by atoms with Crippen LogP contribution in [0, 0.1) is 11.3 Å². The number of hydrogen-bond acceptors (Lipinski definition) is 5. The molecule has 25 heavy (non-hydrogen) atoms. The molecule has 0 amide bonds. The van der Waals surface area contributed by atoms with E-state index < -0.39 is 0 Å². The highest BCUT2D eigenvalue weighted by atomic mass is 16.3. The molecule has 3 unspecified atom stereocenters. The van der Waals surface area contributed by atoms with Gasteiger partial charge in [0.05, 0.1) is 30.2 Å². The predicted octanol–water partition coefficient (Wildman–Crippen LogP) is 3.01. The lowest BCUT2D eigenvalue weighted by Gasteiger charge is -2.45. The summed E-state index contributed by atoms with van der Waals surface area (Å²) < 4.78 is 0. The van der Waals surface area contributed by atoms with Crippen molar-refractivity contribution in [2.75, 3.05) is 19.0 Å². The van der Waals surface area contributed by atoms with Gasteiger partial charge in [0, 0.05) is 19.1 Å². The lowest BCUT2D eigenvalue weighted by molar-refractivity contribution is -0.0291. The topological polar surface area (TPSA) is 52.5 Å². The third kappa shape index (κ3) is 3.06. The van der Waals surface area contributed by atoms with Crippen molar-refractivity contribution in [2.24, 2.45) is 11.3 Å². The van der Waals surface area contributed by atoms with Gasteiger partial charge >= 0.3 is 0 Å². The van der Waals surface area contributed by atoms with Crippen LogP contribution in [0.5, 0.6) is 0 Å². The number of likely N-dealkylation sites (tertiary alicyclic amines) is 1. The highest BCUT2D eigenvalue weighted by molar-refractivity contribution is 5.39. The third-order valence-electron chi connectivity index (χ3n) is 6.96. The van der Waals surface area contributed by atoms with Crippen molar-refractivity contribution in [2.45, 2.75) is 76.6 Å². The van der Waals surface area contributed by atoms with Crippen LogP contribution in [0.25, 0.3) is 0 Å². The van der Waals surface area contributed by atoms with E-state index in [0.29, 0.717) is 17.4 Å². The van der Waals surface area contributed by atoms with Gasteiger partial charge in [-0.2, -0.15) is 0 Å².